The molecule has 4 nitrogen and oxygen atoms in total. The van der Waals surface area contributed by atoms with Crippen LogP contribution in [0.3, 0.4) is 0 Å². The van der Waals surface area contributed by atoms with Crippen molar-refractivity contribution in [1.29, 1.82) is 0 Å². The normalized spacial score (nSPS) is 11.6. The molecule has 0 amide bonds. The van der Waals surface area contributed by atoms with Crippen LogP contribution >= 0.6 is 23.5 Å². The molecule has 0 rings (SSSR count). The van der Waals surface area contributed by atoms with Crippen LogP contribution < -0.4 is 0 Å². The van der Waals surface area contributed by atoms with Crippen LogP contribution in [0.15, 0.2) is 0 Å². The van der Waals surface area contributed by atoms with Gasteiger partial charge in [0.2, 0.25) is 0 Å². The van der Waals surface area contributed by atoms with Crippen molar-refractivity contribution in [1.82, 2.24) is 0 Å². The second-order valence-corrected chi connectivity index (χ2v) is 22.9. The molecule has 0 heterocycles. The van der Waals surface area contributed by atoms with E-state index in [2.05, 4.69) is 13.8 Å². The summed E-state index contributed by atoms with van der Waals surface area (Å²) in [6.45, 7) is 4.53. The van der Waals surface area contributed by atoms with Crippen molar-refractivity contribution in [2.24, 2.45) is 0 Å². The summed E-state index contributed by atoms with van der Waals surface area (Å²) in [6, 6.07) is 0. The van der Waals surface area contributed by atoms with Crippen molar-refractivity contribution in [3.63, 3.8) is 0 Å². The molecule has 0 radical (unpaired) electrons. The van der Waals surface area contributed by atoms with E-state index in [0.717, 1.165) is 24.3 Å². The van der Waals surface area contributed by atoms with Crippen LogP contribution in [0.4, 0.5) is 0 Å². The number of rotatable bonds is 30. The minimum absolute atomic E-state index is 0.217. The molecule has 0 saturated heterocycles. The Bertz CT molecular complexity index is 514. The fourth-order valence-electron chi connectivity index (χ4n) is 4.68. The first-order valence-corrected chi connectivity index (χ1v) is 26.8. The van der Waals surface area contributed by atoms with E-state index in [1.807, 2.05) is 9.88 Å². The third-order valence-corrected chi connectivity index (χ3v) is 13.1. The monoisotopic (exact) mass is 696 g/mol. The second-order valence-electron chi connectivity index (χ2n) is 11.5. The average Bonchev–Trinajstić information content (AvgIpc) is 2.88. The van der Waals surface area contributed by atoms with Gasteiger partial charge in [0.05, 0.1) is 0 Å². The number of thioether (sulfide) groups is 2. The van der Waals surface area contributed by atoms with Gasteiger partial charge in [0.1, 0.15) is 0 Å². The van der Waals surface area contributed by atoms with E-state index in [-0.39, 0.29) is 11.9 Å². The molecule has 0 unspecified atom stereocenters. The zero-order valence-electron chi connectivity index (χ0n) is 26.3. The van der Waals surface area contributed by atoms with Crippen LogP contribution in [0, 0.1) is 0 Å². The summed E-state index contributed by atoms with van der Waals surface area (Å²) in [5.74, 6) is 2.29. The number of carbonyl (C=O) groups excluding carboxylic acids is 2. The van der Waals surface area contributed by atoms with Crippen LogP contribution in [-0.4, -0.2) is 54.2 Å². The van der Waals surface area contributed by atoms with E-state index >= 15 is 0 Å². The van der Waals surface area contributed by atoms with Gasteiger partial charge in [0, 0.05) is 0 Å². The molecule has 0 aliphatic rings. The van der Waals surface area contributed by atoms with Crippen molar-refractivity contribution >= 4 is 54.7 Å². The number of hydrogen-bond donors (Lipinski definition) is 0. The minimum atomic E-state index is -3.56. The Labute approximate surface area is 257 Å². The molecule has 0 bridgehead atoms. The van der Waals surface area contributed by atoms with Crippen LogP contribution in [0.25, 0.3) is 0 Å². The summed E-state index contributed by atoms with van der Waals surface area (Å²) in [4.78, 5) is 28.2. The van der Waals surface area contributed by atoms with E-state index in [1.165, 1.54) is 128 Å². The molecule has 39 heavy (non-hydrogen) atoms. The Morgan fingerprint density at radius 3 is 1.00 bits per heavy atom. The van der Waals surface area contributed by atoms with Crippen LogP contribution in [0.2, 0.25) is 9.88 Å². The van der Waals surface area contributed by atoms with Gasteiger partial charge in [-0.3, -0.25) is 0 Å². The smallest absolute Gasteiger partial charge is 0.0654 e. The summed E-state index contributed by atoms with van der Waals surface area (Å²) in [7, 11) is 0. The molecular weight excluding hydrogens is 631 g/mol. The first-order chi connectivity index (χ1) is 18.9. The summed E-state index contributed by atoms with van der Waals surface area (Å²) in [5.41, 5.74) is 0. The van der Waals surface area contributed by atoms with Gasteiger partial charge in [-0.05, 0) is 0 Å². The fraction of sp³-hybridized carbons (Fsp3) is 0.938. The zero-order valence-corrected chi connectivity index (χ0v) is 30.8. The van der Waals surface area contributed by atoms with Crippen molar-refractivity contribution in [2.45, 2.75) is 165 Å². The predicted molar refractivity (Wildman–Crippen MR) is 177 cm³/mol. The van der Waals surface area contributed by atoms with E-state index in [4.69, 9.17) is 6.15 Å². The summed E-state index contributed by atoms with van der Waals surface area (Å²) in [6.07, 6.45) is 29.4. The van der Waals surface area contributed by atoms with E-state index in [9.17, 15) is 9.59 Å². The van der Waals surface area contributed by atoms with Gasteiger partial charge >= 0.3 is 193 Å². The fourth-order valence-corrected chi connectivity index (χ4v) is 10.5. The SMILES string of the molecule is CCCCCCCCCCCCCSCC(=O)[O][Sn]([CH3])([CH3])[O]C(=O)CSCCCCCCCCCCCCC. The Kier molecular flexibility index (Phi) is 30.3. The maximum atomic E-state index is 12.2. The Morgan fingerprint density at radius 2 is 0.718 bits per heavy atom. The molecule has 0 atom stereocenters. The summed E-state index contributed by atoms with van der Waals surface area (Å²) >= 11 is -0.272. The first kappa shape index (κ1) is 39.4. The quantitative estimate of drug-likeness (QED) is 0.0551. The molecule has 0 saturated carbocycles. The molecule has 232 valence electrons. The van der Waals surface area contributed by atoms with E-state index < -0.39 is 19.2 Å². The molecule has 0 N–H and O–H groups in total. The first-order valence-electron chi connectivity index (χ1n) is 16.5. The van der Waals surface area contributed by atoms with Gasteiger partial charge in [0.15, 0.2) is 0 Å². The second kappa shape index (κ2) is 29.9. The van der Waals surface area contributed by atoms with E-state index in [1.54, 1.807) is 23.5 Å². The van der Waals surface area contributed by atoms with Gasteiger partial charge < -0.3 is 0 Å². The molecule has 0 spiro atoms. The third-order valence-electron chi connectivity index (χ3n) is 6.94. The molecule has 0 fully saturated rings. The van der Waals surface area contributed by atoms with Gasteiger partial charge in [-0.25, -0.2) is 0 Å². The molecule has 0 aliphatic heterocycles. The van der Waals surface area contributed by atoms with E-state index in [0.29, 0.717) is 11.5 Å². The number of carbonyl (C=O) groups is 2. The average molecular weight is 696 g/mol. The third kappa shape index (κ3) is 31.2. The van der Waals surface area contributed by atoms with Crippen LogP contribution in [0.5, 0.6) is 0 Å². The van der Waals surface area contributed by atoms with Crippen molar-refractivity contribution in [2.75, 3.05) is 23.0 Å². The Morgan fingerprint density at radius 1 is 0.462 bits per heavy atom. The predicted octanol–water partition coefficient (Wildman–Crippen LogP) is 10.9. The molecule has 0 aromatic carbocycles. The van der Waals surface area contributed by atoms with Crippen molar-refractivity contribution in [3.05, 3.63) is 0 Å². The van der Waals surface area contributed by atoms with Crippen molar-refractivity contribution in [3.8, 4) is 0 Å². The van der Waals surface area contributed by atoms with Crippen LogP contribution in [-0.2, 0) is 15.7 Å². The standard InChI is InChI=1S/2C15H30O2S.2CH3.Sn/c2*1-2-3-4-5-6-7-8-9-10-11-12-13-18-14-15(16)17;;;/h2*2-14H2,1H3,(H,16,17);2*1H3;/q;;;;+2/p-2. The number of unbranched alkanes of at least 4 members (excludes halogenated alkanes) is 20. The molecule has 0 aromatic heterocycles. The van der Waals surface area contributed by atoms with Gasteiger partial charge in [-0.1, -0.05) is 65.2 Å². The number of hydrogen-bond acceptors (Lipinski definition) is 6. The van der Waals surface area contributed by atoms with Gasteiger partial charge in [0.25, 0.3) is 0 Å². The van der Waals surface area contributed by atoms with Gasteiger partial charge in [-0.2, -0.15) is 0 Å². The zero-order chi connectivity index (χ0) is 28.9. The van der Waals surface area contributed by atoms with Gasteiger partial charge in [-0.15, -0.1) is 0 Å². The molecule has 7 heteroatoms. The summed E-state index contributed by atoms with van der Waals surface area (Å²) < 4.78 is 11.3. The topological polar surface area (TPSA) is 52.6 Å². The Hall–Kier alpha value is 0.439. The van der Waals surface area contributed by atoms with Crippen molar-refractivity contribution < 1.29 is 15.7 Å². The van der Waals surface area contributed by atoms with Crippen LogP contribution in [0.1, 0.15) is 155 Å². The minimum Gasteiger partial charge on any atom is -0.0654 e. The molecular formula is C32H64O4S2Sn. The molecule has 0 aliphatic carbocycles. The molecule has 0 aromatic rings. The maximum absolute atomic E-state index is 12.2. The Balaban J connectivity index is 3.56. The summed E-state index contributed by atoms with van der Waals surface area (Å²) in [5, 5.41) is 0.